The summed E-state index contributed by atoms with van der Waals surface area (Å²) in [6.07, 6.45) is 6.97. The first-order chi connectivity index (χ1) is 10.3. The molecule has 0 atom stereocenters. The van der Waals surface area contributed by atoms with E-state index in [4.69, 9.17) is 0 Å². The van der Waals surface area contributed by atoms with E-state index < -0.39 is 0 Å². The number of aromatic nitrogens is 1. The Morgan fingerprint density at radius 2 is 1.62 bits per heavy atom. The Morgan fingerprint density at radius 1 is 0.905 bits per heavy atom. The third-order valence-corrected chi connectivity index (χ3v) is 5.38. The van der Waals surface area contributed by atoms with Crippen LogP contribution in [0, 0.1) is 0 Å². The van der Waals surface area contributed by atoms with Crippen molar-refractivity contribution in [3.63, 3.8) is 0 Å². The Bertz CT molecular complexity index is 903. The van der Waals surface area contributed by atoms with Crippen molar-refractivity contribution >= 4 is 10.9 Å². The molecule has 0 fully saturated rings. The summed E-state index contributed by atoms with van der Waals surface area (Å²) < 4.78 is 2.39. The van der Waals surface area contributed by atoms with E-state index in [0.29, 0.717) is 0 Å². The van der Waals surface area contributed by atoms with Crippen LogP contribution in [0.25, 0.3) is 22.2 Å². The maximum atomic E-state index is 2.39. The highest BCUT2D eigenvalue weighted by molar-refractivity contribution is 5.98. The molecule has 0 N–H and O–H groups in total. The molecule has 1 aromatic heterocycles. The molecule has 102 valence electrons. The van der Waals surface area contributed by atoms with Crippen LogP contribution in [0.4, 0.5) is 0 Å². The van der Waals surface area contributed by atoms with E-state index in [2.05, 4.69) is 72.3 Å². The van der Waals surface area contributed by atoms with E-state index in [9.17, 15) is 0 Å². The van der Waals surface area contributed by atoms with Crippen molar-refractivity contribution in [2.45, 2.75) is 18.3 Å². The minimum absolute atomic E-state index is 0.173. The zero-order valence-electron chi connectivity index (χ0n) is 12.1. The maximum absolute atomic E-state index is 2.39. The highest BCUT2D eigenvalue weighted by Crippen LogP contribution is 2.57. The average Bonchev–Trinajstić information content (AvgIpc) is 3.19. The van der Waals surface area contributed by atoms with Gasteiger partial charge in [-0.05, 0) is 30.0 Å². The number of para-hydroxylation sites is 1. The third-order valence-electron chi connectivity index (χ3n) is 5.38. The molecule has 21 heavy (non-hydrogen) atoms. The molecule has 0 radical (unpaired) electrons. The lowest BCUT2D eigenvalue weighted by Crippen LogP contribution is -2.20. The number of fused-ring (bicyclic) bond motifs is 7. The van der Waals surface area contributed by atoms with Crippen molar-refractivity contribution in [2.24, 2.45) is 7.05 Å². The summed E-state index contributed by atoms with van der Waals surface area (Å²) in [4.78, 5) is 0. The second-order valence-electron chi connectivity index (χ2n) is 6.31. The summed E-state index contributed by atoms with van der Waals surface area (Å²) in [5.74, 6) is 0. The number of rotatable bonds is 0. The highest BCUT2D eigenvalue weighted by atomic mass is 15.0. The Hall–Kier alpha value is -2.28. The lowest BCUT2D eigenvalue weighted by Gasteiger charge is -2.26. The van der Waals surface area contributed by atoms with Gasteiger partial charge in [0.15, 0.2) is 0 Å². The van der Waals surface area contributed by atoms with E-state index in [-0.39, 0.29) is 5.41 Å². The molecule has 1 heterocycles. The Morgan fingerprint density at radius 3 is 2.48 bits per heavy atom. The first kappa shape index (κ1) is 11.4. The second kappa shape index (κ2) is 3.67. The molecule has 2 aliphatic rings. The van der Waals surface area contributed by atoms with Crippen molar-refractivity contribution in [1.29, 1.82) is 0 Å². The minimum Gasteiger partial charge on any atom is -0.343 e. The third kappa shape index (κ3) is 1.19. The molecule has 0 unspecified atom stereocenters. The summed E-state index contributed by atoms with van der Waals surface area (Å²) >= 11 is 0. The number of aryl methyl sites for hydroxylation is 1. The summed E-state index contributed by atoms with van der Waals surface area (Å²) in [5, 5.41) is 1.43. The number of nitrogens with zero attached hydrogens (tertiary/aromatic N) is 1. The molecule has 0 bridgehead atoms. The standard InChI is InChI=1S/C20H17N/c1-21-17-11-5-3-9-15(17)18-19(21)14-8-2-4-10-16(14)20(18)12-6-7-13-20/h2-11H,12-13H2,1H3. The van der Waals surface area contributed by atoms with Gasteiger partial charge in [0.05, 0.1) is 5.69 Å². The van der Waals surface area contributed by atoms with Gasteiger partial charge in [-0.2, -0.15) is 0 Å². The first-order valence-electron chi connectivity index (χ1n) is 7.66. The Labute approximate surface area is 124 Å². The van der Waals surface area contributed by atoms with Crippen molar-refractivity contribution in [1.82, 2.24) is 4.57 Å². The van der Waals surface area contributed by atoms with Crippen LogP contribution in [0.2, 0.25) is 0 Å². The van der Waals surface area contributed by atoms with Crippen molar-refractivity contribution in [2.75, 3.05) is 0 Å². The summed E-state index contributed by atoms with van der Waals surface area (Å²) in [6, 6.07) is 17.8. The van der Waals surface area contributed by atoms with Gasteiger partial charge in [-0.15, -0.1) is 0 Å². The van der Waals surface area contributed by atoms with Gasteiger partial charge < -0.3 is 4.57 Å². The number of hydrogen-bond acceptors (Lipinski definition) is 0. The van der Waals surface area contributed by atoms with Crippen LogP contribution in [0.5, 0.6) is 0 Å². The monoisotopic (exact) mass is 271 g/mol. The Kier molecular flexibility index (Phi) is 1.99. The van der Waals surface area contributed by atoms with Crippen molar-refractivity contribution in [3.05, 3.63) is 71.8 Å². The molecule has 5 rings (SSSR count). The van der Waals surface area contributed by atoms with E-state index in [1.54, 1.807) is 5.56 Å². The fourth-order valence-electron chi connectivity index (χ4n) is 4.51. The smallest absolute Gasteiger partial charge is 0.0533 e. The molecule has 2 aromatic carbocycles. The van der Waals surface area contributed by atoms with E-state index >= 15 is 0 Å². The SMILES string of the molecule is Cn1c2c(c3ccccc31)C1(CC=CC1)c1ccccc1-2. The van der Waals surface area contributed by atoms with Crippen LogP contribution in [0.1, 0.15) is 24.0 Å². The molecule has 0 aliphatic heterocycles. The fourth-order valence-corrected chi connectivity index (χ4v) is 4.51. The van der Waals surface area contributed by atoms with Gasteiger partial charge in [0, 0.05) is 28.9 Å². The topological polar surface area (TPSA) is 4.93 Å². The fraction of sp³-hybridized carbons (Fsp3) is 0.200. The van der Waals surface area contributed by atoms with Gasteiger partial charge in [0.1, 0.15) is 0 Å². The molecule has 1 nitrogen and oxygen atoms in total. The van der Waals surface area contributed by atoms with E-state index in [0.717, 1.165) is 12.8 Å². The van der Waals surface area contributed by atoms with Gasteiger partial charge in [-0.1, -0.05) is 54.6 Å². The normalized spacial score (nSPS) is 17.6. The molecular weight excluding hydrogens is 254 g/mol. The first-order valence-corrected chi connectivity index (χ1v) is 7.66. The van der Waals surface area contributed by atoms with Crippen LogP contribution in [-0.4, -0.2) is 4.57 Å². The lowest BCUT2D eigenvalue weighted by atomic mass is 9.75. The largest absolute Gasteiger partial charge is 0.343 e. The van der Waals surface area contributed by atoms with E-state index in [1.807, 2.05) is 0 Å². The van der Waals surface area contributed by atoms with Crippen LogP contribution in [-0.2, 0) is 12.5 Å². The summed E-state index contributed by atoms with van der Waals surface area (Å²) in [7, 11) is 2.21. The van der Waals surface area contributed by atoms with Crippen molar-refractivity contribution < 1.29 is 0 Å². The molecule has 1 heteroatoms. The summed E-state index contributed by atoms with van der Waals surface area (Å²) in [6.45, 7) is 0. The average molecular weight is 271 g/mol. The van der Waals surface area contributed by atoms with Gasteiger partial charge in [-0.25, -0.2) is 0 Å². The molecule has 1 spiro atoms. The maximum Gasteiger partial charge on any atom is 0.0533 e. The number of hydrogen-bond donors (Lipinski definition) is 0. The van der Waals surface area contributed by atoms with Crippen LogP contribution >= 0.6 is 0 Å². The van der Waals surface area contributed by atoms with Crippen molar-refractivity contribution in [3.8, 4) is 11.3 Å². The quantitative estimate of drug-likeness (QED) is 0.518. The highest BCUT2D eigenvalue weighted by Gasteiger charge is 2.46. The second-order valence-corrected chi connectivity index (χ2v) is 6.31. The van der Waals surface area contributed by atoms with E-state index in [1.165, 1.54) is 27.7 Å². The summed E-state index contributed by atoms with van der Waals surface area (Å²) in [5.41, 5.74) is 7.44. The number of benzene rings is 2. The van der Waals surface area contributed by atoms with Gasteiger partial charge in [0.2, 0.25) is 0 Å². The van der Waals surface area contributed by atoms with Crippen LogP contribution in [0.3, 0.4) is 0 Å². The predicted octanol–water partition coefficient (Wildman–Crippen LogP) is 4.79. The molecular formula is C20H17N. The van der Waals surface area contributed by atoms with Gasteiger partial charge in [0.25, 0.3) is 0 Å². The number of allylic oxidation sites excluding steroid dienone is 2. The molecule has 0 saturated heterocycles. The van der Waals surface area contributed by atoms with Gasteiger partial charge >= 0.3 is 0 Å². The molecule has 0 amide bonds. The Balaban J connectivity index is 2.00. The zero-order valence-corrected chi connectivity index (χ0v) is 12.1. The predicted molar refractivity (Wildman–Crippen MR) is 87.5 cm³/mol. The zero-order chi connectivity index (χ0) is 14.0. The molecule has 2 aliphatic carbocycles. The molecule has 0 saturated carbocycles. The minimum atomic E-state index is 0.173. The lowest BCUT2D eigenvalue weighted by molar-refractivity contribution is 0.577. The molecule has 3 aromatic rings. The van der Waals surface area contributed by atoms with Crippen LogP contribution < -0.4 is 0 Å². The van der Waals surface area contributed by atoms with Gasteiger partial charge in [-0.3, -0.25) is 0 Å². The van der Waals surface area contributed by atoms with Crippen LogP contribution in [0.15, 0.2) is 60.7 Å².